The molecule has 0 saturated carbocycles. The van der Waals surface area contributed by atoms with Crippen LogP contribution in [0.15, 0.2) is 81.7 Å². The molecule has 3 aromatic carbocycles. The minimum atomic E-state index is -0.836. The Labute approximate surface area is 262 Å². The van der Waals surface area contributed by atoms with E-state index < -0.39 is 12.0 Å². The van der Waals surface area contributed by atoms with Crippen LogP contribution in [0.3, 0.4) is 0 Å². The van der Waals surface area contributed by atoms with Gasteiger partial charge in [-0.2, -0.15) is 0 Å². The van der Waals surface area contributed by atoms with E-state index in [1.165, 1.54) is 22.0 Å². The van der Waals surface area contributed by atoms with Gasteiger partial charge in [-0.3, -0.25) is 9.36 Å². The molecular weight excluding hydrogens is 701 g/mol. The fourth-order valence-corrected chi connectivity index (χ4v) is 7.02. The Kier molecular flexibility index (Phi) is 8.98. The lowest BCUT2D eigenvalue weighted by atomic mass is 9.96. The number of hydrogen-bond donors (Lipinski definition) is 0. The molecule has 41 heavy (non-hydrogen) atoms. The quantitative estimate of drug-likeness (QED) is 0.163. The van der Waals surface area contributed by atoms with Crippen molar-refractivity contribution in [3.05, 3.63) is 128 Å². The summed E-state index contributed by atoms with van der Waals surface area (Å²) in [6, 6.07) is 16.0. The summed E-state index contributed by atoms with van der Waals surface area (Å²) in [5.74, 6) is -0.491. The fraction of sp³-hybridized carbons (Fsp3) is 0.167. The number of aromatic nitrogens is 1. The highest BCUT2D eigenvalue weighted by molar-refractivity contribution is 14.1. The normalized spacial score (nSPS) is 15.0. The minimum absolute atomic E-state index is 0.0129. The number of fused-ring (bicyclic) bond motifs is 1. The summed E-state index contributed by atoms with van der Waals surface area (Å²) < 4.78 is 28.1. The van der Waals surface area contributed by atoms with Crippen molar-refractivity contribution < 1.29 is 18.7 Å². The van der Waals surface area contributed by atoms with Crippen molar-refractivity contribution in [3.8, 4) is 5.75 Å². The van der Waals surface area contributed by atoms with Crippen molar-refractivity contribution >= 4 is 69.2 Å². The molecule has 0 unspecified atom stereocenters. The van der Waals surface area contributed by atoms with Gasteiger partial charge in [0.25, 0.3) is 5.56 Å². The second-order valence-electron chi connectivity index (χ2n) is 9.01. The van der Waals surface area contributed by atoms with Crippen molar-refractivity contribution in [3.63, 3.8) is 0 Å². The van der Waals surface area contributed by atoms with Crippen LogP contribution in [0.4, 0.5) is 4.39 Å². The number of rotatable bonds is 7. The van der Waals surface area contributed by atoms with Crippen LogP contribution in [-0.2, 0) is 16.1 Å². The zero-order valence-electron chi connectivity index (χ0n) is 21.8. The summed E-state index contributed by atoms with van der Waals surface area (Å²) in [7, 11) is 0. The maximum Gasteiger partial charge on any atom is 0.338 e. The van der Waals surface area contributed by atoms with Crippen molar-refractivity contribution in [1.82, 2.24) is 4.57 Å². The molecule has 11 heteroatoms. The van der Waals surface area contributed by atoms with E-state index in [4.69, 9.17) is 32.7 Å². The monoisotopic (exact) mass is 722 g/mol. The van der Waals surface area contributed by atoms with Crippen LogP contribution in [0, 0.1) is 9.39 Å². The summed E-state index contributed by atoms with van der Waals surface area (Å²) in [4.78, 5) is 32.1. The maximum absolute atomic E-state index is 14.3. The van der Waals surface area contributed by atoms with Crippen LogP contribution in [0.2, 0.25) is 10.0 Å². The van der Waals surface area contributed by atoms with Crippen molar-refractivity contribution in [2.24, 2.45) is 4.99 Å². The number of esters is 1. The van der Waals surface area contributed by atoms with Gasteiger partial charge < -0.3 is 9.47 Å². The van der Waals surface area contributed by atoms with E-state index >= 15 is 0 Å². The average molecular weight is 723 g/mol. The summed E-state index contributed by atoms with van der Waals surface area (Å²) in [5.41, 5.74) is 1.82. The molecule has 210 valence electrons. The number of ether oxygens (including phenoxy) is 2. The molecule has 0 saturated heterocycles. The van der Waals surface area contributed by atoms with E-state index in [1.807, 2.05) is 0 Å². The average Bonchev–Trinajstić information content (AvgIpc) is 3.22. The number of benzene rings is 3. The first-order valence-corrected chi connectivity index (χ1v) is 15.1. The van der Waals surface area contributed by atoms with E-state index in [2.05, 4.69) is 27.6 Å². The number of halogens is 4. The lowest BCUT2D eigenvalue weighted by Crippen LogP contribution is -2.40. The molecule has 0 aliphatic carbocycles. The van der Waals surface area contributed by atoms with Crippen LogP contribution in [0.5, 0.6) is 5.75 Å². The van der Waals surface area contributed by atoms with Crippen LogP contribution >= 0.6 is 57.1 Å². The Bertz CT molecular complexity index is 1890. The molecule has 1 aromatic heterocycles. The van der Waals surface area contributed by atoms with Gasteiger partial charge in [0.15, 0.2) is 4.80 Å². The van der Waals surface area contributed by atoms with Gasteiger partial charge in [0, 0.05) is 21.2 Å². The molecule has 6 nitrogen and oxygen atoms in total. The van der Waals surface area contributed by atoms with Gasteiger partial charge in [-0.15, -0.1) is 0 Å². The smallest absolute Gasteiger partial charge is 0.338 e. The number of thiazole rings is 1. The lowest BCUT2D eigenvalue weighted by molar-refractivity contribution is -0.139. The first kappa shape index (κ1) is 29.5. The van der Waals surface area contributed by atoms with E-state index in [-0.39, 0.29) is 30.2 Å². The topological polar surface area (TPSA) is 69.9 Å². The summed E-state index contributed by atoms with van der Waals surface area (Å²) in [6.07, 6.45) is 1.67. The van der Waals surface area contributed by atoms with E-state index in [0.717, 1.165) is 0 Å². The van der Waals surface area contributed by atoms with Crippen LogP contribution in [0.1, 0.15) is 36.6 Å². The largest absolute Gasteiger partial charge is 0.487 e. The Hall–Kier alpha value is -2.99. The lowest BCUT2D eigenvalue weighted by Gasteiger charge is -2.25. The van der Waals surface area contributed by atoms with Gasteiger partial charge in [0.05, 0.1) is 26.0 Å². The van der Waals surface area contributed by atoms with Crippen molar-refractivity contribution in [2.75, 3.05) is 6.61 Å². The zero-order valence-corrected chi connectivity index (χ0v) is 26.3. The molecule has 0 fully saturated rings. The molecule has 1 atom stereocenters. The highest BCUT2D eigenvalue weighted by Crippen LogP contribution is 2.35. The second kappa shape index (κ2) is 12.5. The van der Waals surface area contributed by atoms with Crippen molar-refractivity contribution in [1.29, 1.82) is 0 Å². The first-order valence-electron chi connectivity index (χ1n) is 12.5. The summed E-state index contributed by atoms with van der Waals surface area (Å²) in [6.45, 7) is 3.58. The Morgan fingerprint density at radius 1 is 1.17 bits per heavy atom. The Morgan fingerprint density at radius 2 is 1.90 bits per heavy atom. The Morgan fingerprint density at radius 3 is 2.63 bits per heavy atom. The maximum atomic E-state index is 14.3. The standard InChI is InChI=1S/C30H22Cl2FIN2O4S/c1-3-39-29(38)25-16(2)35-30-36(26(25)20-9-5-6-10-21(20)32)28(37)24(41-30)13-18-12-19(31)14-23(34)27(18)40-15-17-8-4-7-11-22(17)33/h4-14,26H,3,15H2,1-2H3/b24-13-/t26-/m0/s1. The fourth-order valence-electron chi connectivity index (χ4n) is 4.53. The molecule has 1 aliphatic heterocycles. The third-order valence-corrected chi connectivity index (χ3v) is 8.72. The molecule has 4 aromatic rings. The molecule has 0 amide bonds. The summed E-state index contributed by atoms with van der Waals surface area (Å²) in [5, 5.41) is 0.845. The van der Waals surface area contributed by atoms with Gasteiger partial charge in [-0.25, -0.2) is 14.2 Å². The minimum Gasteiger partial charge on any atom is -0.487 e. The first-order chi connectivity index (χ1) is 19.7. The number of carbonyl (C=O) groups excluding carboxylic acids is 1. The Balaban J connectivity index is 1.67. The molecule has 0 bridgehead atoms. The van der Waals surface area contributed by atoms with Gasteiger partial charge in [-0.1, -0.05) is 70.9 Å². The summed E-state index contributed by atoms with van der Waals surface area (Å²) >= 11 is 16.2. The predicted molar refractivity (Wildman–Crippen MR) is 167 cm³/mol. The van der Waals surface area contributed by atoms with Gasteiger partial charge in [0.1, 0.15) is 24.2 Å². The van der Waals surface area contributed by atoms with E-state index in [0.29, 0.717) is 51.1 Å². The third-order valence-electron chi connectivity index (χ3n) is 6.37. The molecule has 0 radical (unpaired) electrons. The van der Waals surface area contributed by atoms with Crippen LogP contribution < -0.4 is 19.6 Å². The van der Waals surface area contributed by atoms with Crippen LogP contribution in [0.25, 0.3) is 6.08 Å². The van der Waals surface area contributed by atoms with Gasteiger partial charge in [-0.05, 0) is 72.3 Å². The van der Waals surface area contributed by atoms with Crippen molar-refractivity contribution in [2.45, 2.75) is 26.5 Å². The zero-order chi connectivity index (χ0) is 29.3. The van der Waals surface area contributed by atoms with E-state index in [1.54, 1.807) is 74.5 Å². The molecule has 1 aliphatic rings. The number of carbonyl (C=O) groups is 1. The van der Waals surface area contributed by atoms with Crippen LogP contribution in [-0.4, -0.2) is 17.1 Å². The highest BCUT2D eigenvalue weighted by Gasteiger charge is 2.34. The second-order valence-corrected chi connectivity index (χ2v) is 12.0. The number of hydrogen-bond acceptors (Lipinski definition) is 6. The molecule has 5 rings (SSSR count). The molecule has 0 N–H and O–H groups in total. The molecule has 2 heterocycles. The van der Waals surface area contributed by atoms with Gasteiger partial charge >= 0.3 is 5.97 Å². The van der Waals surface area contributed by atoms with Gasteiger partial charge in [0.2, 0.25) is 0 Å². The SMILES string of the molecule is CCOC(=O)C1=C(C)N=c2s/c(=C\c3cc(Cl)cc(I)c3OCc3ccccc3F)c(=O)n2[C@H]1c1ccccc1Cl. The predicted octanol–water partition coefficient (Wildman–Crippen LogP) is 6.43. The van der Waals surface area contributed by atoms with E-state index in [9.17, 15) is 14.0 Å². The molecule has 0 spiro atoms. The number of nitrogens with zero attached hydrogens (tertiary/aromatic N) is 2. The number of allylic oxidation sites excluding steroid dienone is 1. The third kappa shape index (κ3) is 5.99. The molecular formula is C30H22Cl2FIN2O4S. The highest BCUT2D eigenvalue weighted by atomic mass is 127.